The molecule has 2 aromatic carbocycles. The van der Waals surface area contributed by atoms with Gasteiger partial charge in [-0.3, -0.25) is 0 Å². The van der Waals surface area contributed by atoms with E-state index < -0.39 is 0 Å². The summed E-state index contributed by atoms with van der Waals surface area (Å²) in [6.07, 6.45) is 0.780. The van der Waals surface area contributed by atoms with Crippen LogP contribution < -0.4 is 4.74 Å². The molecule has 0 saturated carbocycles. The number of methoxy groups -OCH3 is 1. The van der Waals surface area contributed by atoms with Gasteiger partial charge in [0, 0.05) is 25.5 Å². The molecule has 0 fully saturated rings. The summed E-state index contributed by atoms with van der Waals surface area (Å²) in [4.78, 5) is 0. The first-order chi connectivity index (χ1) is 9.24. The molecule has 102 valence electrons. The van der Waals surface area contributed by atoms with Crippen molar-refractivity contribution < 1.29 is 19.0 Å². The number of aliphatic hydroxyl groups is 1. The van der Waals surface area contributed by atoms with Gasteiger partial charge in [-0.1, -0.05) is 0 Å². The zero-order chi connectivity index (χ0) is 13.7. The molecule has 0 heterocycles. The highest BCUT2D eigenvalue weighted by Crippen LogP contribution is 2.28. The van der Waals surface area contributed by atoms with Crippen LogP contribution in [0.2, 0.25) is 0 Å². The second-order valence-electron chi connectivity index (χ2n) is 4.31. The molecule has 0 unspecified atom stereocenters. The minimum atomic E-state index is -0.298. The van der Waals surface area contributed by atoms with E-state index >= 15 is 0 Å². The standard InChI is InChI=1S/C15H17FO3/c1-18-5-2-6-19-15-8-11(10-17)7-12-9-13(16)3-4-14(12)15/h3-4,7-9,17H,2,5-6,10H2,1H3. The van der Waals surface area contributed by atoms with E-state index in [4.69, 9.17) is 9.47 Å². The molecule has 0 atom stereocenters. The first-order valence-corrected chi connectivity index (χ1v) is 6.19. The molecular weight excluding hydrogens is 247 g/mol. The molecule has 2 aromatic rings. The summed E-state index contributed by atoms with van der Waals surface area (Å²) in [5.41, 5.74) is 0.708. The van der Waals surface area contributed by atoms with Gasteiger partial charge < -0.3 is 14.6 Å². The maximum Gasteiger partial charge on any atom is 0.127 e. The van der Waals surface area contributed by atoms with Crippen molar-refractivity contribution in [2.45, 2.75) is 13.0 Å². The Balaban J connectivity index is 2.29. The first-order valence-electron chi connectivity index (χ1n) is 6.19. The average molecular weight is 264 g/mol. The zero-order valence-corrected chi connectivity index (χ0v) is 10.9. The topological polar surface area (TPSA) is 38.7 Å². The van der Waals surface area contributed by atoms with Crippen molar-refractivity contribution >= 4 is 10.8 Å². The molecule has 0 bridgehead atoms. The lowest BCUT2D eigenvalue weighted by atomic mass is 10.1. The Bertz CT molecular complexity index is 554. The lowest BCUT2D eigenvalue weighted by Crippen LogP contribution is -2.02. The van der Waals surface area contributed by atoms with E-state index in [1.165, 1.54) is 12.1 Å². The van der Waals surface area contributed by atoms with Crippen LogP contribution in [0.5, 0.6) is 5.75 Å². The fourth-order valence-corrected chi connectivity index (χ4v) is 1.96. The van der Waals surface area contributed by atoms with Crippen LogP contribution in [0.15, 0.2) is 30.3 Å². The number of hydrogen-bond acceptors (Lipinski definition) is 3. The molecule has 0 aliphatic heterocycles. The molecule has 0 aliphatic rings. The van der Waals surface area contributed by atoms with Crippen molar-refractivity contribution in [2.75, 3.05) is 20.3 Å². The van der Waals surface area contributed by atoms with Gasteiger partial charge in [0.25, 0.3) is 0 Å². The SMILES string of the molecule is COCCCOc1cc(CO)cc2cc(F)ccc12. The summed E-state index contributed by atoms with van der Waals surface area (Å²) in [5.74, 6) is 0.366. The van der Waals surface area contributed by atoms with Gasteiger partial charge in [0.15, 0.2) is 0 Å². The van der Waals surface area contributed by atoms with E-state index in [1.54, 1.807) is 25.3 Å². The average Bonchev–Trinajstić information content (AvgIpc) is 2.42. The molecule has 0 saturated heterocycles. The van der Waals surface area contributed by atoms with Crippen LogP contribution in [0.4, 0.5) is 4.39 Å². The van der Waals surface area contributed by atoms with Crippen LogP contribution in [0.3, 0.4) is 0 Å². The molecular formula is C15H17FO3. The number of aliphatic hydroxyl groups excluding tert-OH is 1. The Labute approximate surface area is 111 Å². The molecule has 1 N–H and O–H groups in total. The quantitative estimate of drug-likeness (QED) is 0.815. The van der Waals surface area contributed by atoms with Crippen molar-refractivity contribution in [1.29, 1.82) is 0 Å². The highest BCUT2D eigenvalue weighted by atomic mass is 19.1. The van der Waals surface area contributed by atoms with E-state index in [2.05, 4.69) is 0 Å². The number of halogens is 1. The van der Waals surface area contributed by atoms with Gasteiger partial charge >= 0.3 is 0 Å². The van der Waals surface area contributed by atoms with Crippen molar-refractivity contribution in [2.24, 2.45) is 0 Å². The zero-order valence-electron chi connectivity index (χ0n) is 10.9. The maximum atomic E-state index is 13.2. The van der Waals surface area contributed by atoms with Gasteiger partial charge in [-0.05, 0) is 41.3 Å². The minimum Gasteiger partial charge on any atom is -0.493 e. The second-order valence-corrected chi connectivity index (χ2v) is 4.31. The van der Waals surface area contributed by atoms with Crippen molar-refractivity contribution in [1.82, 2.24) is 0 Å². The Hall–Kier alpha value is -1.65. The van der Waals surface area contributed by atoms with Crippen molar-refractivity contribution in [3.63, 3.8) is 0 Å². The molecule has 0 aliphatic carbocycles. The third-order valence-electron chi connectivity index (χ3n) is 2.87. The fourth-order valence-electron chi connectivity index (χ4n) is 1.96. The largest absolute Gasteiger partial charge is 0.493 e. The molecule has 0 radical (unpaired) electrons. The lowest BCUT2D eigenvalue weighted by molar-refractivity contribution is 0.172. The molecule has 4 heteroatoms. The van der Waals surface area contributed by atoms with Crippen LogP contribution in [0, 0.1) is 5.82 Å². The Morgan fingerprint density at radius 3 is 2.74 bits per heavy atom. The van der Waals surface area contributed by atoms with Crippen molar-refractivity contribution in [3.8, 4) is 5.75 Å². The van der Waals surface area contributed by atoms with Crippen LogP contribution >= 0.6 is 0 Å². The molecule has 0 spiro atoms. The summed E-state index contributed by atoms with van der Waals surface area (Å²) in [6, 6.07) is 8.09. The van der Waals surface area contributed by atoms with E-state index in [0.717, 1.165) is 17.2 Å². The Kier molecular flexibility index (Phi) is 4.71. The van der Waals surface area contributed by atoms with Gasteiger partial charge in [0.2, 0.25) is 0 Å². The van der Waals surface area contributed by atoms with Gasteiger partial charge in [0.1, 0.15) is 11.6 Å². The summed E-state index contributed by atoms with van der Waals surface area (Å²) in [7, 11) is 1.64. The van der Waals surface area contributed by atoms with E-state index in [9.17, 15) is 9.50 Å². The van der Waals surface area contributed by atoms with Gasteiger partial charge in [-0.2, -0.15) is 0 Å². The Morgan fingerprint density at radius 1 is 1.16 bits per heavy atom. The smallest absolute Gasteiger partial charge is 0.127 e. The third kappa shape index (κ3) is 3.43. The fraction of sp³-hybridized carbons (Fsp3) is 0.333. The lowest BCUT2D eigenvalue weighted by Gasteiger charge is -2.11. The summed E-state index contributed by atoms with van der Waals surface area (Å²) in [6.45, 7) is 1.06. The second kappa shape index (κ2) is 6.50. The van der Waals surface area contributed by atoms with E-state index in [0.29, 0.717) is 24.5 Å². The summed E-state index contributed by atoms with van der Waals surface area (Å²) < 4.78 is 23.9. The van der Waals surface area contributed by atoms with Gasteiger partial charge in [0.05, 0.1) is 13.2 Å². The highest BCUT2D eigenvalue weighted by Gasteiger charge is 2.06. The molecule has 0 amide bonds. The number of benzene rings is 2. The van der Waals surface area contributed by atoms with Crippen molar-refractivity contribution in [3.05, 3.63) is 41.7 Å². The predicted molar refractivity (Wildman–Crippen MR) is 71.8 cm³/mol. The molecule has 0 aromatic heterocycles. The Morgan fingerprint density at radius 2 is 2.00 bits per heavy atom. The van der Waals surface area contributed by atoms with Crippen LogP contribution in [-0.2, 0) is 11.3 Å². The third-order valence-corrected chi connectivity index (χ3v) is 2.87. The molecule has 2 rings (SSSR count). The molecule has 19 heavy (non-hydrogen) atoms. The number of hydrogen-bond donors (Lipinski definition) is 1. The maximum absolute atomic E-state index is 13.2. The molecule has 3 nitrogen and oxygen atoms in total. The van der Waals surface area contributed by atoms with E-state index in [-0.39, 0.29) is 12.4 Å². The van der Waals surface area contributed by atoms with E-state index in [1.807, 2.05) is 0 Å². The normalized spacial score (nSPS) is 10.9. The van der Waals surface area contributed by atoms with Crippen LogP contribution in [0.25, 0.3) is 10.8 Å². The van der Waals surface area contributed by atoms with Crippen LogP contribution in [0.1, 0.15) is 12.0 Å². The number of rotatable bonds is 6. The highest BCUT2D eigenvalue weighted by molar-refractivity contribution is 5.89. The number of fused-ring (bicyclic) bond motifs is 1. The van der Waals surface area contributed by atoms with Gasteiger partial charge in [-0.25, -0.2) is 4.39 Å². The first kappa shape index (κ1) is 13.8. The number of ether oxygens (including phenoxy) is 2. The van der Waals surface area contributed by atoms with Gasteiger partial charge in [-0.15, -0.1) is 0 Å². The minimum absolute atomic E-state index is 0.0963. The summed E-state index contributed by atoms with van der Waals surface area (Å²) >= 11 is 0. The van der Waals surface area contributed by atoms with Crippen LogP contribution in [-0.4, -0.2) is 25.4 Å². The predicted octanol–water partition coefficient (Wildman–Crippen LogP) is 2.89. The monoisotopic (exact) mass is 264 g/mol. The summed E-state index contributed by atoms with van der Waals surface area (Å²) in [5, 5.41) is 10.8.